The highest BCUT2D eigenvalue weighted by atomic mass is 35.5. The van der Waals surface area contributed by atoms with Gasteiger partial charge in [-0.2, -0.15) is 0 Å². The topological polar surface area (TPSA) is 44.4 Å². The first-order valence-corrected chi connectivity index (χ1v) is 8.20. The van der Waals surface area contributed by atoms with Crippen molar-refractivity contribution in [2.75, 3.05) is 27.2 Å². The summed E-state index contributed by atoms with van der Waals surface area (Å²) in [5.74, 6) is 0.154. The highest BCUT2D eigenvalue weighted by Crippen LogP contribution is 2.25. The van der Waals surface area contributed by atoms with E-state index in [1.54, 1.807) is 11.3 Å². The molecular weight excluding hydrogens is 341 g/mol. The SMILES string of the molecule is CCC1(C(=O)NCC(c2cccs2)N(C)C)CCCN1.Cl.Cl. The predicted octanol–water partition coefficient (Wildman–Crippen LogP) is 2.84. The molecule has 0 aliphatic carbocycles. The van der Waals surface area contributed by atoms with E-state index in [1.807, 2.05) is 0 Å². The zero-order valence-corrected chi connectivity index (χ0v) is 15.9. The molecule has 128 valence electrons. The van der Waals surface area contributed by atoms with Crippen LogP contribution in [-0.2, 0) is 4.79 Å². The number of halogens is 2. The first-order valence-electron chi connectivity index (χ1n) is 7.32. The molecule has 2 N–H and O–H groups in total. The summed E-state index contributed by atoms with van der Waals surface area (Å²) in [5.41, 5.74) is -0.341. The number of carbonyl (C=O) groups is 1. The summed E-state index contributed by atoms with van der Waals surface area (Å²) in [6.07, 6.45) is 2.88. The Bertz CT molecular complexity index is 434. The molecule has 1 aromatic rings. The molecule has 1 amide bonds. The van der Waals surface area contributed by atoms with Gasteiger partial charge in [-0.15, -0.1) is 36.2 Å². The van der Waals surface area contributed by atoms with Crippen LogP contribution in [0.1, 0.15) is 37.1 Å². The van der Waals surface area contributed by atoms with Crippen LogP contribution in [0.2, 0.25) is 0 Å². The van der Waals surface area contributed by atoms with E-state index >= 15 is 0 Å². The van der Waals surface area contributed by atoms with Crippen LogP contribution in [0.5, 0.6) is 0 Å². The average molecular weight is 368 g/mol. The fraction of sp³-hybridized carbons (Fsp3) is 0.667. The van der Waals surface area contributed by atoms with Crippen LogP contribution < -0.4 is 10.6 Å². The maximum Gasteiger partial charge on any atom is 0.240 e. The molecule has 2 unspecified atom stereocenters. The second kappa shape index (κ2) is 9.73. The number of thiophene rings is 1. The van der Waals surface area contributed by atoms with Crippen LogP contribution in [0.4, 0.5) is 0 Å². The van der Waals surface area contributed by atoms with E-state index in [9.17, 15) is 4.79 Å². The molecule has 1 saturated heterocycles. The smallest absolute Gasteiger partial charge is 0.240 e. The van der Waals surface area contributed by atoms with Gasteiger partial charge in [-0.25, -0.2) is 0 Å². The lowest BCUT2D eigenvalue weighted by Crippen LogP contribution is -2.54. The van der Waals surface area contributed by atoms with Crippen molar-refractivity contribution in [2.24, 2.45) is 0 Å². The van der Waals surface area contributed by atoms with Gasteiger partial charge in [-0.3, -0.25) is 4.79 Å². The first-order chi connectivity index (χ1) is 9.59. The predicted molar refractivity (Wildman–Crippen MR) is 98.5 cm³/mol. The Hall–Kier alpha value is -0.330. The van der Waals surface area contributed by atoms with Crippen LogP contribution in [0.25, 0.3) is 0 Å². The zero-order chi connectivity index (χ0) is 14.6. The summed E-state index contributed by atoms with van der Waals surface area (Å²) in [4.78, 5) is 16.0. The second-order valence-electron chi connectivity index (χ2n) is 5.67. The molecule has 2 rings (SSSR count). The Morgan fingerprint density at radius 2 is 2.23 bits per heavy atom. The van der Waals surface area contributed by atoms with Crippen LogP contribution >= 0.6 is 36.2 Å². The fourth-order valence-electron chi connectivity index (χ4n) is 2.84. The molecule has 4 nitrogen and oxygen atoms in total. The van der Waals surface area contributed by atoms with Gasteiger partial charge in [-0.1, -0.05) is 13.0 Å². The van der Waals surface area contributed by atoms with Crippen molar-refractivity contribution in [3.63, 3.8) is 0 Å². The third-order valence-electron chi connectivity index (χ3n) is 4.23. The largest absolute Gasteiger partial charge is 0.353 e. The van der Waals surface area contributed by atoms with E-state index < -0.39 is 0 Å². The average Bonchev–Trinajstić information content (AvgIpc) is 3.10. The summed E-state index contributed by atoms with van der Waals surface area (Å²) in [6.45, 7) is 3.69. The quantitative estimate of drug-likeness (QED) is 0.812. The fourth-order valence-corrected chi connectivity index (χ4v) is 3.76. The zero-order valence-electron chi connectivity index (χ0n) is 13.4. The van der Waals surface area contributed by atoms with E-state index in [2.05, 4.69) is 54.1 Å². The molecule has 22 heavy (non-hydrogen) atoms. The molecule has 1 aromatic heterocycles. The number of carbonyl (C=O) groups excluding carboxylic acids is 1. The normalized spacial score (nSPS) is 21.8. The van der Waals surface area contributed by atoms with E-state index in [0.29, 0.717) is 6.54 Å². The number of rotatable bonds is 6. The lowest BCUT2D eigenvalue weighted by Gasteiger charge is -2.29. The van der Waals surface area contributed by atoms with Gasteiger partial charge in [0.05, 0.1) is 11.6 Å². The molecule has 1 fully saturated rings. The number of likely N-dealkylation sites (N-methyl/N-ethyl adjacent to an activating group) is 1. The molecule has 0 bridgehead atoms. The minimum absolute atomic E-state index is 0. The van der Waals surface area contributed by atoms with Gasteiger partial charge in [0.1, 0.15) is 0 Å². The molecule has 2 heterocycles. The van der Waals surface area contributed by atoms with Crippen molar-refractivity contribution in [3.05, 3.63) is 22.4 Å². The lowest BCUT2D eigenvalue weighted by atomic mass is 9.93. The third-order valence-corrected chi connectivity index (χ3v) is 5.21. The minimum Gasteiger partial charge on any atom is -0.353 e. The third kappa shape index (κ3) is 4.83. The Kier molecular flexibility index (Phi) is 9.58. The maximum absolute atomic E-state index is 12.5. The molecule has 1 aliphatic rings. The minimum atomic E-state index is -0.341. The molecular formula is C15H27Cl2N3OS. The molecule has 7 heteroatoms. The Morgan fingerprint density at radius 3 is 2.68 bits per heavy atom. The highest BCUT2D eigenvalue weighted by Gasteiger charge is 2.39. The number of hydrogen-bond acceptors (Lipinski definition) is 4. The standard InChI is InChI=1S/C15H25N3OS.2ClH/c1-4-15(8-6-9-17-15)14(19)16-11-12(18(2)3)13-7-5-10-20-13;;/h5,7,10,12,17H,4,6,8-9,11H2,1-3H3,(H,16,19);2*1H. The van der Waals surface area contributed by atoms with E-state index in [4.69, 9.17) is 0 Å². The number of nitrogens with one attached hydrogen (secondary N) is 2. The van der Waals surface area contributed by atoms with Crippen LogP contribution in [0.3, 0.4) is 0 Å². The Balaban J connectivity index is 0.00000220. The van der Waals surface area contributed by atoms with Gasteiger partial charge in [-0.05, 0) is 51.3 Å². The molecule has 0 aromatic carbocycles. The summed E-state index contributed by atoms with van der Waals surface area (Å²) in [6, 6.07) is 4.43. The van der Waals surface area contributed by atoms with Gasteiger partial charge in [0.2, 0.25) is 5.91 Å². The lowest BCUT2D eigenvalue weighted by molar-refractivity contribution is -0.127. The van der Waals surface area contributed by atoms with Gasteiger partial charge < -0.3 is 15.5 Å². The molecule has 0 radical (unpaired) electrons. The molecule has 0 saturated carbocycles. The van der Waals surface area contributed by atoms with E-state index in [1.165, 1.54) is 4.88 Å². The highest BCUT2D eigenvalue weighted by molar-refractivity contribution is 7.10. The maximum atomic E-state index is 12.5. The molecule has 1 aliphatic heterocycles. The number of amides is 1. The van der Waals surface area contributed by atoms with Gasteiger partial charge in [0.25, 0.3) is 0 Å². The van der Waals surface area contributed by atoms with Crippen molar-refractivity contribution in [2.45, 2.75) is 37.8 Å². The monoisotopic (exact) mass is 367 g/mol. The Labute approximate surface area is 149 Å². The summed E-state index contributed by atoms with van der Waals surface area (Å²) in [7, 11) is 4.11. The summed E-state index contributed by atoms with van der Waals surface area (Å²) >= 11 is 1.74. The van der Waals surface area contributed by atoms with Crippen molar-refractivity contribution in [3.8, 4) is 0 Å². The van der Waals surface area contributed by atoms with Gasteiger partial charge in [0, 0.05) is 11.4 Å². The van der Waals surface area contributed by atoms with Crippen molar-refractivity contribution >= 4 is 42.1 Å². The van der Waals surface area contributed by atoms with Crippen LogP contribution in [-0.4, -0.2) is 43.5 Å². The van der Waals surface area contributed by atoms with Crippen molar-refractivity contribution < 1.29 is 4.79 Å². The van der Waals surface area contributed by atoms with Crippen LogP contribution in [0, 0.1) is 0 Å². The Morgan fingerprint density at radius 1 is 1.50 bits per heavy atom. The first kappa shape index (κ1) is 21.7. The van der Waals surface area contributed by atoms with Gasteiger partial charge in [0.15, 0.2) is 0 Å². The number of hydrogen-bond donors (Lipinski definition) is 2. The van der Waals surface area contributed by atoms with E-state index in [-0.39, 0.29) is 42.3 Å². The second-order valence-corrected chi connectivity index (χ2v) is 6.65. The molecule has 2 atom stereocenters. The van der Waals surface area contributed by atoms with E-state index in [0.717, 1.165) is 25.8 Å². The van der Waals surface area contributed by atoms with Crippen molar-refractivity contribution in [1.29, 1.82) is 0 Å². The van der Waals surface area contributed by atoms with Crippen molar-refractivity contribution in [1.82, 2.24) is 15.5 Å². The number of nitrogens with zero attached hydrogens (tertiary/aromatic N) is 1. The van der Waals surface area contributed by atoms with Crippen LogP contribution in [0.15, 0.2) is 17.5 Å². The molecule has 0 spiro atoms. The summed E-state index contributed by atoms with van der Waals surface area (Å²) in [5, 5.41) is 8.62. The summed E-state index contributed by atoms with van der Waals surface area (Å²) < 4.78 is 0. The van der Waals surface area contributed by atoms with Gasteiger partial charge >= 0.3 is 0 Å².